The summed E-state index contributed by atoms with van der Waals surface area (Å²) in [6.07, 6.45) is 0.605. The van der Waals surface area contributed by atoms with E-state index < -0.39 is 5.41 Å². The second-order valence-electron chi connectivity index (χ2n) is 5.59. The van der Waals surface area contributed by atoms with Crippen LogP contribution in [0.15, 0.2) is 17.5 Å². The summed E-state index contributed by atoms with van der Waals surface area (Å²) in [5, 5.41) is 5.03. The first-order chi connectivity index (χ1) is 8.74. The molecule has 0 saturated heterocycles. The fourth-order valence-electron chi connectivity index (χ4n) is 1.69. The molecule has 1 heterocycles. The molecule has 106 valence electrons. The van der Waals surface area contributed by atoms with Gasteiger partial charge >= 0.3 is 0 Å². The number of hydrogen-bond acceptors (Lipinski definition) is 3. The molecule has 5 heteroatoms. The monoisotopic (exact) mass is 298 g/mol. The number of thiocarbonyl (C=S) groups is 1. The van der Waals surface area contributed by atoms with Crippen molar-refractivity contribution in [2.45, 2.75) is 39.5 Å². The predicted molar refractivity (Wildman–Crippen MR) is 85.5 cm³/mol. The van der Waals surface area contributed by atoms with E-state index in [4.69, 9.17) is 18.0 Å². The van der Waals surface area contributed by atoms with E-state index in [2.05, 4.69) is 25.2 Å². The van der Waals surface area contributed by atoms with Crippen LogP contribution >= 0.6 is 23.6 Å². The lowest BCUT2D eigenvalue weighted by Gasteiger charge is -2.29. The van der Waals surface area contributed by atoms with Gasteiger partial charge in [0.25, 0.3) is 0 Å². The zero-order chi connectivity index (χ0) is 14.7. The molecule has 0 fully saturated rings. The van der Waals surface area contributed by atoms with Crippen molar-refractivity contribution in [1.82, 2.24) is 5.32 Å². The Bertz CT molecular complexity index is 454. The molecule has 1 rings (SSSR count). The van der Waals surface area contributed by atoms with E-state index in [1.165, 1.54) is 4.88 Å². The first-order valence-corrected chi connectivity index (χ1v) is 7.65. The number of thiophene rings is 1. The first-order valence-electron chi connectivity index (χ1n) is 6.36. The van der Waals surface area contributed by atoms with Gasteiger partial charge in [0.15, 0.2) is 0 Å². The average Bonchev–Trinajstić information content (AvgIpc) is 2.89. The maximum Gasteiger partial charge on any atom is 0.232 e. The normalized spacial score (nSPS) is 14.7. The largest absolute Gasteiger partial charge is 0.392 e. The smallest absolute Gasteiger partial charge is 0.232 e. The Morgan fingerprint density at radius 1 is 1.47 bits per heavy atom. The van der Waals surface area contributed by atoms with Crippen LogP contribution in [-0.4, -0.2) is 17.4 Å². The Balaban J connectivity index is 2.72. The topological polar surface area (TPSA) is 55.1 Å². The van der Waals surface area contributed by atoms with E-state index in [0.717, 1.165) is 0 Å². The molecule has 0 bridgehead atoms. The molecule has 0 saturated carbocycles. The lowest BCUT2D eigenvalue weighted by molar-refractivity contribution is -0.127. The van der Waals surface area contributed by atoms with Crippen molar-refractivity contribution < 1.29 is 4.79 Å². The number of hydrogen-bond donors (Lipinski definition) is 2. The SMILES string of the molecule is CCC(C)(C(=O)NCC(C)(C)c1cccs1)C(N)=S. The molecule has 19 heavy (non-hydrogen) atoms. The number of nitrogens with one attached hydrogen (secondary N) is 1. The van der Waals surface area contributed by atoms with Crippen LogP contribution in [0.3, 0.4) is 0 Å². The highest BCUT2D eigenvalue weighted by molar-refractivity contribution is 7.80. The molecule has 3 nitrogen and oxygen atoms in total. The zero-order valence-corrected chi connectivity index (χ0v) is 13.6. The van der Waals surface area contributed by atoms with Gasteiger partial charge in [-0.25, -0.2) is 0 Å². The van der Waals surface area contributed by atoms with E-state index in [0.29, 0.717) is 13.0 Å². The number of rotatable bonds is 6. The lowest BCUT2D eigenvalue weighted by Crippen LogP contribution is -2.49. The van der Waals surface area contributed by atoms with Crippen molar-refractivity contribution in [2.24, 2.45) is 11.1 Å². The summed E-state index contributed by atoms with van der Waals surface area (Å²) in [5.41, 5.74) is 4.84. The van der Waals surface area contributed by atoms with Crippen LogP contribution in [0.5, 0.6) is 0 Å². The molecule has 0 aliphatic rings. The van der Waals surface area contributed by atoms with Crippen LogP contribution in [0.4, 0.5) is 0 Å². The molecule has 1 aromatic heterocycles. The predicted octanol–water partition coefficient (Wildman–Crippen LogP) is 2.84. The van der Waals surface area contributed by atoms with Gasteiger partial charge in [-0.2, -0.15) is 0 Å². The van der Waals surface area contributed by atoms with Crippen molar-refractivity contribution in [3.63, 3.8) is 0 Å². The van der Waals surface area contributed by atoms with Crippen LogP contribution in [-0.2, 0) is 10.2 Å². The Labute approximate surface area is 124 Å². The standard InChI is InChI=1S/C14H22N2OS2/c1-5-14(4,11(15)18)12(17)16-9-13(2,3)10-7-6-8-19-10/h6-8H,5,9H2,1-4H3,(H2,15,18)(H,16,17). The van der Waals surface area contributed by atoms with Gasteiger partial charge in [0.05, 0.1) is 10.4 Å². The number of carbonyl (C=O) groups is 1. The summed E-state index contributed by atoms with van der Waals surface area (Å²) in [6.45, 7) is 8.52. The second kappa shape index (κ2) is 6.01. The maximum atomic E-state index is 12.3. The molecule has 0 spiro atoms. The Hall–Kier alpha value is -0.940. The molecular formula is C14H22N2OS2. The fourth-order valence-corrected chi connectivity index (χ4v) is 2.78. The van der Waals surface area contributed by atoms with Crippen LogP contribution in [0.25, 0.3) is 0 Å². The van der Waals surface area contributed by atoms with Crippen LogP contribution < -0.4 is 11.1 Å². The van der Waals surface area contributed by atoms with Crippen LogP contribution in [0.2, 0.25) is 0 Å². The number of amides is 1. The van der Waals surface area contributed by atoms with Gasteiger partial charge in [-0.05, 0) is 24.8 Å². The molecular weight excluding hydrogens is 276 g/mol. The van der Waals surface area contributed by atoms with Crippen molar-refractivity contribution in [2.75, 3.05) is 6.54 Å². The van der Waals surface area contributed by atoms with Gasteiger partial charge in [-0.1, -0.05) is 39.1 Å². The quantitative estimate of drug-likeness (QED) is 0.794. The van der Waals surface area contributed by atoms with E-state index in [1.807, 2.05) is 18.4 Å². The highest BCUT2D eigenvalue weighted by Crippen LogP contribution is 2.28. The van der Waals surface area contributed by atoms with Gasteiger partial charge in [0, 0.05) is 16.8 Å². The minimum Gasteiger partial charge on any atom is -0.392 e. The minimum absolute atomic E-state index is 0.0886. The third-order valence-electron chi connectivity index (χ3n) is 3.63. The average molecular weight is 298 g/mol. The molecule has 0 aliphatic carbocycles. The molecule has 3 N–H and O–H groups in total. The van der Waals surface area contributed by atoms with Crippen LogP contribution in [0, 0.1) is 5.41 Å². The Morgan fingerprint density at radius 2 is 2.11 bits per heavy atom. The molecule has 0 aliphatic heterocycles. The van der Waals surface area contributed by atoms with E-state index >= 15 is 0 Å². The molecule has 0 radical (unpaired) electrons. The second-order valence-corrected chi connectivity index (χ2v) is 6.98. The minimum atomic E-state index is -0.763. The highest BCUT2D eigenvalue weighted by atomic mass is 32.1. The van der Waals surface area contributed by atoms with Gasteiger partial charge in [0.2, 0.25) is 5.91 Å². The number of carbonyl (C=O) groups excluding carboxylic acids is 1. The van der Waals surface area contributed by atoms with Gasteiger partial charge < -0.3 is 11.1 Å². The third-order valence-corrected chi connectivity index (χ3v) is 5.32. The van der Waals surface area contributed by atoms with E-state index in [9.17, 15) is 4.79 Å². The summed E-state index contributed by atoms with van der Waals surface area (Å²) in [4.78, 5) is 13.8. The molecule has 1 atom stereocenters. The fraction of sp³-hybridized carbons (Fsp3) is 0.571. The summed E-state index contributed by atoms with van der Waals surface area (Å²) in [6, 6.07) is 4.11. The molecule has 1 unspecified atom stereocenters. The summed E-state index contributed by atoms with van der Waals surface area (Å²) in [5.74, 6) is -0.0906. The van der Waals surface area contributed by atoms with E-state index in [1.54, 1.807) is 18.3 Å². The highest BCUT2D eigenvalue weighted by Gasteiger charge is 2.35. The summed E-state index contributed by atoms with van der Waals surface area (Å²) >= 11 is 6.71. The van der Waals surface area contributed by atoms with E-state index in [-0.39, 0.29) is 16.3 Å². The Kier molecular flexibility index (Phi) is 5.10. The summed E-state index contributed by atoms with van der Waals surface area (Å²) in [7, 11) is 0. The Morgan fingerprint density at radius 3 is 2.53 bits per heavy atom. The third kappa shape index (κ3) is 3.54. The van der Waals surface area contributed by atoms with Gasteiger partial charge in [-0.3, -0.25) is 4.79 Å². The van der Waals surface area contributed by atoms with Crippen molar-refractivity contribution >= 4 is 34.5 Å². The van der Waals surface area contributed by atoms with Crippen molar-refractivity contribution in [3.8, 4) is 0 Å². The van der Waals surface area contributed by atoms with Gasteiger partial charge in [-0.15, -0.1) is 11.3 Å². The molecule has 0 aromatic carbocycles. The van der Waals surface area contributed by atoms with Crippen molar-refractivity contribution in [1.29, 1.82) is 0 Å². The molecule has 1 aromatic rings. The molecule has 1 amide bonds. The van der Waals surface area contributed by atoms with Crippen molar-refractivity contribution in [3.05, 3.63) is 22.4 Å². The number of nitrogens with two attached hydrogens (primary N) is 1. The van der Waals surface area contributed by atoms with Gasteiger partial charge in [0.1, 0.15) is 0 Å². The summed E-state index contributed by atoms with van der Waals surface area (Å²) < 4.78 is 0. The van der Waals surface area contributed by atoms with Crippen LogP contribution in [0.1, 0.15) is 39.0 Å². The zero-order valence-electron chi connectivity index (χ0n) is 11.9. The lowest BCUT2D eigenvalue weighted by atomic mass is 9.85. The maximum absolute atomic E-state index is 12.3. The first kappa shape index (κ1) is 16.1.